The Kier molecular flexibility index (Phi) is 35.2. The molecular formula is C48H83O13P. The van der Waals surface area contributed by atoms with Gasteiger partial charge in [0.2, 0.25) is 0 Å². The highest BCUT2D eigenvalue weighted by Gasteiger charge is 2.51. The zero-order chi connectivity index (χ0) is 45.7. The number of allylic oxidation sites excluding steroid dienone is 10. The number of esters is 2. The summed E-state index contributed by atoms with van der Waals surface area (Å²) in [5.74, 6) is -1.13. The maximum Gasteiger partial charge on any atom is 0.472 e. The van der Waals surface area contributed by atoms with Crippen LogP contribution in [0.25, 0.3) is 0 Å². The van der Waals surface area contributed by atoms with Crippen molar-refractivity contribution in [3.05, 3.63) is 60.8 Å². The second kappa shape index (κ2) is 37.9. The number of hydrogen-bond acceptors (Lipinski definition) is 12. The second-order valence-electron chi connectivity index (χ2n) is 16.2. The van der Waals surface area contributed by atoms with E-state index in [-0.39, 0.29) is 12.8 Å². The normalized spacial score (nSPS) is 22.4. The Bertz CT molecular complexity index is 1320. The van der Waals surface area contributed by atoms with E-state index in [9.17, 15) is 44.6 Å². The molecule has 0 radical (unpaired) electrons. The van der Waals surface area contributed by atoms with Gasteiger partial charge in [-0.25, -0.2) is 4.57 Å². The Balaban J connectivity index is 2.47. The number of phosphoric acid groups is 1. The third-order valence-corrected chi connectivity index (χ3v) is 11.6. The van der Waals surface area contributed by atoms with Crippen molar-refractivity contribution in [1.82, 2.24) is 0 Å². The summed E-state index contributed by atoms with van der Waals surface area (Å²) in [5, 5.41) is 50.2. The van der Waals surface area contributed by atoms with E-state index in [1.807, 2.05) is 0 Å². The topological polar surface area (TPSA) is 210 Å². The molecule has 14 heteroatoms. The van der Waals surface area contributed by atoms with E-state index in [0.717, 1.165) is 109 Å². The van der Waals surface area contributed by atoms with Crippen LogP contribution in [0.5, 0.6) is 0 Å². The Labute approximate surface area is 373 Å². The van der Waals surface area contributed by atoms with Crippen LogP contribution in [0.3, 0.4) is 0 Å². The van der Waals surface area contributed by atoms with Crippen molar-refractivity contribution >= 4 is 19.8 Å². The van der Waals surface area contributed by atoms with E-state index >= 15 is 0 Å². The molecule has 1 aliphatic rings. The standard InChI is InChI=1S/C48H83O13P/c1-3-5-7-9-11-13-15-17-19-21-23-25-27-29-31-33-35-37-42(50)60-40(39-59-62(56,57)61-48-46(54)44(52)43(51)45(53)47(48)55)38-58-41(49)36-34-32-30-28-26-24-22-20-18-16-14-12-10-8-6-4-2/h5,7,11,13-14,16-17,19-20,22,40,43-48,51-55H,3-4,6,8-10,12,15,18,21,23-39H2,1-2H3,(H,56,57)/b7-5-,13-11-,16-14-,19-17-,22-20-. The van der Waals surface area contributed by atoms with Gasteiger partial charge in [-0.1, -0.05) is 145 Å². The third-order valence-electron chi connectivity index (χ3n) is 10.6. The Morgan fingerprint density at radius 3 is 1.40 bits per heavy atom. The monoisotopic (exact) mass is 899 g/mol. The minimum atomic E-state index is -5.13. The first kappa shape index (κ1) is 57.6. The number of unbranched alkanes of at least 4 members (excludes halogenated alkanes) is 16. The number of ether oxygens (including phenoxy) is 2. The number of aliphatic hydroxyl groups excluding tert-OH is 5. The van der Waals surface area contributed by atoms with Crippen LogP contribution < -0.4 is 0 Å². The predicted molar refractivity (Wildman–Crippen MR) is 244 cm³/mol. The van der Waals surface area contributed by atoms with E-state index in [4.69, 9.17) is 18.5 Å². The molecule has 6 atom stereocenters. The number of hydrogen-bond donors (Lipinski definition) is 6. The van der Waals surface area contributed by atoms with Crippen molar-refractivity contribution in [3.63, 3.8) is 0 Å². The summed E-state index contributed by atoms with van der Waals surface area (Å²) in [6.07, 6.45) is 32.6. The molecule has 0 amide bonds. The molecule has 0 saturated heterocycles. The van der Waals surface area contributed by atoms with Gasteiger partial charge in [0.05, 0.1) is 6.61 Å². The largest absolute Gasteiger partial charge is 0.472 e. The quantitative estimate of drug-likeness (QED) is 0.0148. The Hall–Kier alpha value is -2.45. The van der Waals surface area contributed by atoms with Gasteiger partial charge in [-0.15, -0.1) is 0 Å². The highest BCUT2D eigenvalue weighted by Crippen LogP contribution is 2.47. The van der Waals surface area contributed by atoms with Gasteiger partial charge in [0.1, 0.15) is 43.2 Å². The number of rotatable bonds is 38. The van der Waals surface area contributed by atoms with Gasteiger partial charge in [0.15, 0.2) is 6.10 Å². The molecule has 0 bridgehead atoms. The lowest BCUT2D eigenvalue weighted by Gasteiger charge is -2.41. The molecule has 1 rings (SSSR count). The molecule has 1 fully saturated rings. The summed E-state index contributed by atoms with van der Waals surface area (Å²) in [6.45, 7) is 3.15. The summed E-state index contributed by atoms with van der Waals surface area (Å²) < 4.78 is 33.5. The molecule has 0 aliphatic heterocycles. The maximum atomic E-state index is 12.8. The van der Waals surface area contributed by atoms with Crippen molar-refractivity contribution in [2.75, 3.05) is 13.2 Å². The first-order valence-corrected chi connectivity index (χ1v) is 25.1. The number of carbonyl (C=O) groups is 2. The molecule has 6 N–H and O–H groups in total. The minimum Gasteiger partial charge on any atom is -0.462 e. The second-order valence-corrected chi connectivity index (χ2v) is 17.6. The van der Waals surface area contributed by atoms with Crippen LogP contribution >= 0.6 is 7.82 Å². The molecule has 62 heavy (non-hydrogen) atoms. The summed E-state index contributed by atoms with van der Waals surface area (Å²) in [7, 11) is -5.13. The zero-order valence-corrected chi connectivity index (χ0v) is 38.8. The molecule has 0 aromatic rings. The average Bonchev–Trinajstić information content (AvgIpc) is 3.25. The smallest absolute Gasteiger partial charge is 0.462 e. The summed E-state index contributed by atoms with van der Waals surface area (Å²) in [5.41, 5.74) is 0. The average molecular weight is 899 g/mol. The van der Waals surface area contributed by atoms with Crippen LogP contribution in [-0.4, -0.2) is 98.3 Å². The first-order valence-electron chi connectivity index (χ1n) is 23.6. The molecule has 6 unspecified atom stereocenters. The lowest BCUT2D eigenvalue weighted by Crippen LogP contribution is -2.64. The van der Waals surface area contributed by atoms with Gasteiger partial charge >= 0.3 is 19.8 Å². The van der Waals surface area contributed by atoms with Crippen LogP contribution in [0.2, 0.25) is 0 Å². The van der Waals surface area contributed by atoms with E-state index < -0.39 is 75.7 Å². The molecule has 1 saturated carbocycles. The summed E-state index contributed by atoms with van der Waals surface area (Å²) >= 11 is 0. The van der Waals surface area contributed by atoms with E-state index in [1.165, 1.54) is 25.7 Å². The molecule has 0 aromatic heterocycles. The van der Waals surface area contributed by atoms with Gasteiger partial charge in [-0.05, 0) is 77.0 Å². The predicted octanol–water partition coefficient (Wildman–Crippen LogP) is 9.33. The number of phosphoric ester groups is 1. The zero-order valence-electron chi connectivity index (χ0n) is 37.9. The Morgan fingerprint density at radius 1 is 0.516 bits per heavy atom. The highest BCUT2D eigenvalue weighted by atomic mass is 31.2. The van der Waals surface area contributed by atoms with Crippen molar-refractivity contribution in [2.24, 2.45) is 0 Å². The molecule has 0 aromatic carbocycles. The summed E-state index contributed by atoms with van der Waals surface area (Å²) in [4.78, 5) is 35.7. The molecule has 0 heterocycles. The number of carbonyl (C=O) groups excluding carboxylic acids is 2. The lowest BCUT2D eigenvalue weighted by atomic mass is 9.85. The Morgan fingerprint density at radius 2 is 0.919 bits per heavy atom. The maximum absolute atomic E-state index is 12.8. The summed E-state index contributed by atoms with van der Waals surface area (Å²) in [6, 6.07) is 0. The van der Waals surface area contributed by atoms with Gasteiger partial charge in [-0.3, -0.25) is 18.6 Å². The van der Waals surface area contributed by atoms with E-state index in [1.54, 1.807) is 0 Å². The van der Waals surface area contributed by atoms with Crippen LogP contribution in [-0.2, 0) is 32.7 Å². The fraction of sp³-hybridized carbons (Fsp3) is 0.750. The lowest BCUT2D eigenvalue weighted by molar-refractivity contribution is -0.220. The van der Waals surface area contributed by atoms with Crippen LogP contribution in [0.15, 0.2) is 60.8 Å². The molecule has 358 valence electrons. The van der Waals surface area contributed by atoms with Crippen LogP contribution in [0.4, 0.5) is 0 Å². The van der Waals surface area contributed by atoms with Gasteiger partial charge in [-0.2, -0.15) is 0 Å². The van der Waals surface area contributed by atoms with Crippen molar-refractivity contribution in [3.8, 4) is 0 Å². The highest BCUT2D eigenvalue weighted by molar-refractivity contribution is 7.47. The molecule has 13 nitrogen and oxygen atoms in total. The van der Waals surface area contributed by atoms with Gasteiger partial charge in [0, 0.05) is 12.8 Å². The van der Waals surface area contributed by atoms with Gasteiger partial charge in [0.25, 0.3) is 0 Å². The van der Waals surface area contributed by atoms with Crippen molar-refractivity contribution in [1.29, 1.82) is 0 Å². The minimum absolute atomic E-state index is 0.0798. The number of aliphatic hydroxyl groups is 5. The SMILES string of the molecule is CC/C=C\C/C=C\C/C=C\CCCCCCCCCC(=O)OC(COC(=O)CCCCCCC/C=C\C/C=C\CCCCCC)COP(=O)(O)OC1C(O)C(O)C(O)C(O)C1O. The molecular weight excluding hydrogens is 815 g/mol. The molecule has 1 aliphatic carbocycles. The van der Waals surface area contributed by atoms with Crippen molar-refractivity contribution in [2.45, 2.75) is 217 Å². The van der Waals surface area contributed by atoms with Crippen LogP contribution in [0.1, 0.15) is 174 Å². The van der Waals surface area contributed by atoms with Crippen LogP contribution in [0, 0.1) is 0 Å². The van der Waals surface area contributed by atoms with E-state index in [0.29, 0.717) is 12.8 Å². The fourth-order valence-corrected chi connectivity index (χ4v) is 7.77. The fourth-order valence-electron chi connectivity index (χ4n) is 6.80. The first-order chi connectivity index (χ1) is 29.9. The van der Waals surface area contributed by atoms with E-state index in [2.05, 4.69) is 74.6 Å². The third kappa shape index (κ3) is 29.8. The molecule has 0 spiro atoms. The van der Waals surface area contributed by atoms with Gasteiger partial charge < -0.3 is 39.9 Å². The van der Waals surface area contributed by atoms with Crippen molar-refractivity contribution < 1.29 is 63.1 Å².